The number of pyridine rings is 1. The van der Waals surface area contributed by atoms with Gasteiger partial charge in [-0.15, -0.1) is 0 Å². The van der Waals surface area contributed by atoms with Crippen molar-refractivity contribution < 1.29 is 9.90 Å². The summed E-state index contributed by atoms with van der Waals surface area (Å²) in [6.45, 7) is 3.14. The predicted molar refractivity (Wildman–Crippen MR) is 79.2 cm³/mol. The molecule has 1 aliphatic rings. The molecular formula is C14H20ClN3O2. The lowest BCUT2D eigenvalue weighted by molar-refractivity contribution is 0.0702. The van der Waals surface area contributed by atoms with E-state index in [2.05, 4.69) is 17.2 Å². The highest BCUT2D eigenvalue weighted by Crippen LogP contribution is 2.29. The van der Waals surface area contributed by atoms with Crippen LogP contribution >= 0.6 is 11.6 Å². The first kappa shape index (κ1) is 15.1. The van der Waals surface area contributed by atoms with Crippen LogP contribution in [0.2, 0.25) is 5.02 Å². The second-order valence-electron chi connectivity index (χ2n) is 4.91. The number of carbonyl (C=O) groups excluding carboxylic acids is 1. The number of aliphatic hydroxyl groups excluding tert-OH is 1. The third-order valence-corrected chi connectivity index (χ3v) is 3.50. The molecule has 5 nitrogen and oxygen atoms in total. The van der Waals surface area contributed by atoms with Crippen molar-refractivity contribution in [3.8, 4) is 0 Å². The van der Waals surface area contributed by atoms with Gasteiger partial charge < -0.3 is 15.3 Å². The van der Waals surface area contributed by atoms with Gasteiger partial charge >= 0.3 is 0 Å². The Labute approximate surface area is 123 Å². The van der Waals surface area contributed by atoms with Crippen LogP contribution in [0.4, 0.5) is 5.82 Å². The Kier molecular flexibility index (Phi) is 5.20. The Hall–Kier alpha value is -1.33. The van der Waals surface area contributed by atoms with Crippen molar-refractivity contribution in [3.05, 3.63) is 22.8 Å². The number of halogens is 1. The van der Waals surface area contributed by atoms with E-state index in [9.17, 15) is 4.79 Å². The summed E-state index contributed by atoms with van der Waals surface area (Å²) in [6, 6.07) is 3.67. The molecule has 0 aliphatic heterocycles. The topological polar surface area (TPSA) is 65.5 Å². The quantitative estimate of drug-likeness (QED) is 0.809. The van der Waals surface area contributed by atoms with Crippen molar-refractivity contribution in [1.82, 2.24) is 9.88 Å². The average molecular weight is 298 g/mol. The van der Waals surface area contributed by atoms with Crippen LogP contribution in [-0.4, -0.2) is 46.6 Å². The number of hydrogen-bond donors (Lipinski definition) is 2. The van der Waals surface area contributed by atoms with E-state index in [1.807, 2.05) is 0 Å². The Morgan fingerprint density at radius 3 is 2.90 bits per heavy atom. The molecule has 1 heterocycles. The van der Waals surface area contributed by atoms with Crippen molar-refractivity contribution >= 4 is 23.3 Å². The fourth-order valence-electron chi connectivity index (χ4n) is 2.02. The molecule has 1 saturated carbocycles. The van der Waals surface area contributed by atoms with Gasteiger partial charge in [-0.3, -0.25) is 4.79 Å². The van der Waals surface area contributed by atoms with Gasteiger partial charge in [0.1, 0.15) is 11.5 Å². The van der Waals surface area contributed by atoms with E-state index < -0.39 is 0 Å². The maximum absolute atomic E-state index is 12.5. The van der Waals surface area contributed by atoms with E-state index in [1.54, 1.807) is 17.0 Å². The molecule has 0 aromatic carbocycles. The lowest BCUT2D eigenvalue weighted by Gasteiger charge is -2.21. The summed E-state index contributed by atoms with van der Waals surface area (Å²) in [4.78, 5) is 18.5. The van der Waals surface area contributed by atoms with Gasteiger partial charge in [-0.25, -0.2) is 4.98 Å². The monoisotopic (exact) mass is 297 g/mol. The van der Waals surface area contributed by atoms with Crippen LogP contribution in [-0.2, 0) is 0 Å². The van der Waals surface area contributed by atoms with E-state index in [0.29, 0.717) is 17.4 Å². The summed E-state index contributed by atoms with van der Waals surface area (Å²) < 4.78 is 0. The molecule has 1 aliphatic carbocycles. The molecule has 0 bridgehead atoms. The van der Waals surface area contributed by atoms with Gasteiger partial charge in [-0.1, -0.05) is 18.5 Å². The fourth-order valence-corrected chi connectivity index (χ4v) is 2.21. The molecule has 0 unspecified atom stereocenters. The average Bonchev–Trinajstić information content (AvgIpc) is 3.27. The minimum Gasteiger partial charge on any atom is -0.395 e. The van der Waals surface area contributed by atoms with Gasteiger partial charge in [-0.05, 0) is 31.4 Å². The predicted octanol–water partition coefficient (Wildman–Crippen LogP) is 2.15. The fraction of sp³-hybridized carbons (Fsp3) is 0.571. The van der Waals surface area contributed by atoms with E-state index in [-0.39, 0.29) is 24.2 Å². The normalized spacial score (nSPS) is 14.2. The molecule has 2 rings (SSSR count). The van der Waals surface area contributed by atoms with Crippen molar-refractivity contribution in [2.75, 3.05) is 25.0 Å². The summed E-state index contributed by atoms with van der Waals surface area (Å²) >= 11 is 6.09. The van der Waals surface area contributed by atoms with Crippen molar-refractivity contribution in [2.45, 2.75) is 32.2 Å². The minimum absolute atomic E-state index is 0.0480. The molecule has 0 atom stereocenters. The zero-order valence-corrected chi connectivity index (χ0v) is 12.4. The highest BCUT2D eigenvalue weighted by atomic mass is 35.5. The van der Waals surface area contributed by atoms with E-state index in [0.717, 1.165) is 25.8 Å². The van der Waals surface area contributed by atoms with Crippen molar-refractivity contribution in [2.24, 2.45) is 0 Å². The lowest BCUT2D eigenvalue weighted by Crippen LogP contribution is -2.36. The van der Waals surface area contributed by atoms with Gasteiger partial charge in [0.15, 0.2) is 0 Å². The highest BCUT2D eigenvalue weighted by molar-refractivity contribution is 6.33. The summed E-state index contributed by atoms with van der Waals surface area (Å²) in [6.07, 6.45) is 2.95. The standard InChI is InChI=1S/C14H20ClN3O2/c1-2-7-16-12-6-5-11(15)13(17-12)14(20)18(8-9-19)10-3-4-10/h5-6,10,19H,2-4,7-9H2,1H3,(H,16,17). The summed E-state index contributed by atoms with van der Waals surface area (Å²) in [5.74, 6) is 0.450. The third kappa shape index (κ3) is 3.61. The molecule has 2 N–H and O–H groups in total. The second kappa shape index (κ2) is 6.90. The SMILES string of the molecule is CCCNc1ccc(Cl)c(C(=O)N(CCO)C2CC2)n1. The number of hydrogen-bond acceptors (Lipinski definition) is 4. The van der Waals surface area contributed by atoms with E-state index in [4.69, 9.17) is 16.7 Å². The Morgan fingerprint density at radius 1 is 1.55 bits per heavy atom. The first-order chi connectivity index (χ1) is 9.67. The minimum atomic E-state index is -0.202. The van der Waals surface area contributed by atoms with Crippen molar-refractivity contribution in [1.29, 1.82) is 0 Å². The molecule has 0 saturated heterocycles. The van der Waals surface area contributed by atoms with Crippen LogP contribution in [0.5, 0.6) is 0 Å². The number of anilines is 1. The molecule has 1 amide bonds. The lowest BCUT2D eigenvalue weighted by atomic mass is 10.3. The second-order valence-corrected chi connectivity index (χ2v) is 5.31. The largest absolute Gasteiger partial charge is 0.395 e. The number of nitrogens with one attached hydrogen (secondary N) is 1. The summed E-state index contributed by atoms with van der Waals surface area (Å²) in [5.41, 5.74) is 0.258. The molecular weight excluding hydrogens is 278 g/mol. The molecule has 1 aromatic heterocycles. The molecule has 1 aromatic rings. The maximum Gasteiger partial charge on any atom is 0.274 e. The van der Waals surface area contributed by atoms with Gasteiger partial charge in [-0.2, -0.15) is 0 Å². The van der Waals surface area contributed by atoms with Crippen LogP contribution in [0.1, 0.15) is 36.7 Å². The number of carbonyl (C=O) groups is 1. The number of rotatable bonds is 7. The maximum atomic E-state index is 12.5. The van der Waals surface area contributed by atoms with Gasteiger partial charge in [0, 0.05) is 19.1 Å². The zero-order valence-electron chi connectivity index (χ0n) is 11.6. The van der Waals surface area contributed by atoms with Crippen LogP contribution in [0, 0.1) is 0 Å². The number of nitrogens with zero attached hydrogens (tertiary/aromatic N) is 2. The van der Waals surface area contributed by atoms with Gasteiger partial charge in [0.2, 0.25) is 0 Å². The number of aromatic nitrogens is 1. The van der Waals surface area contributed by atoms with E-state index in [1.165, 1.54) is 0 Å². The molecule has 20 heavy (non-hydrogen) atoms. The molecule has 0 spiro atoms. The van der Waals surface area contributed by atoms with Crippen molar-refractivity contribution in [3.63, 3.8) is 0 Å². The third-order valence-electron chi connectivity index (χ3n) is 3.19. The van der Waals surface area contributed by atoms with Crippen LogP contribution in [0.25, 0.3) is 0 Å². The summed E-state index contributed by atoms with van der Waals surface area (Å²) in [5, 5.41) is 12.6. The number of amides is 1. The van der Waals surface area contributed by atoms with E-state index >= 15 is 0 Å². The Balaban J connectivity index is 2.18. The van der Waals surface area contributed by atoms with Crippen LogP contribution < -0.4 is 5.32 Å². The van der Waals surface area contributed by atoms with Crippen LogP contribution in [0.15, 0.2) is 12.1 Å². The van der Waals surface area contributed by atoms with Crippen LogP contribution in [0.3, 0.4) is 0 Å². The molecule has 110 valence electrons. The number of aliphatic hydroxyl groups is 1. The van der Waals surface area contributed by atoms with Gasteiger partial charge in [0.05, 0.1) is 11.6 Å². The summed E-state index contributed by atoms with van der Waals surface area (Å²) in [7, 11) is 0. The Morgan fingerprint density at radius 2 is 2.30 bits per heavy atom. The molecule has 1 fully saturated rings. The smallest absolute Gasteiger partial charge is 0.274 e. The van der Waals surface area contributed by atoms with Gasteiger partial charge in [0.25, 0.3) is 5.91 Å². The Bertz CT molecular complexity index is 477. The first-order valence-electron chi connectivity index (χ1n) is 6.99. The zero-order chi connectivity index (χ0) is 14.5. The molecule has 6 heteroatoms. The highest BCUT2D eigenvalue weighted by Gasteiger charge is 2.34. The first-order valence-corrected chi connectivity index (χ1v) is 7.37. The molecule has 0 radical (unpaired) electrons.